The lowest BCUT2D eigenvalue weighted by atomic mass is 10.1. The molecule has 4 nitrogen and oxygen atoms in total. The van der Waals surface area contributed by atoms with Crippen LogP contribution in [0.1, 0.15) is 25.1 Å². The number of halogens is 2. The molecule has 0 bridgehead atoms. The topological polar surface area (TPSA) is 33.4 Å². The Hall–Kier alpha value is -0.650. The highest BCUT2D eigenvalue weighted by molar-refractivity contribution is 9.10. The quantitative estimate of drug-likeness (QED) is 0.849. The summed E-state index contributed by atoms with van der Waals surface area (Å²) in [6, 6.07) is 0. The van der Waals surface area contributed by atoms with Gasteiger partial charge in [-0.15, -0.1) is 0 Å². The van der Waals surface area contributed by atoms with Crippen LogP contribution in [-0.2, 0) is 6.54 Å². The molecule has 6 heteroatoms. The molecule has 0 N–H and O–H groups in total. The van der Waals surface area contributed by atoms with Crippen LogP contribution >= 0.6 is 27.5 Å². The van der Waals surface area contributed by atoms with E-state index < -0.39 is 0 Å². The minimum Gasteiger partial charge on any atom is -0.297 e. The molecule has 0 unspecified atom stereocenters. The van der Waals surface area contributed by atoms with Crippen LogP contribution in [0.15, 0.2) is 17.0 Å². The summed E-state index contributed by atoms with van der Waals surface area (Å²) < 4.78 is 2.79. The highest BCUT2D eigenvalue weighted by atomic mass is 79.9. The Kier molecular flexibility index (Phi) is 3.54. The number of hydrogen-bond acceptors (Lipinski definition) is 3. The van der Waals surface area contributed by atoms with Crippen molar-refractivity contribution in [3.05, 3.63) is 28.0 Å². The van der Waals surface area contributed by atoms with Crippen LogP contribution in [0, 0.1) is 0 Å². The third kappa shape index (κ3) is 2.27. The van der Waals surface area contributed by atoms with Gasteiger partial charge in [-0.1, -0.05) is 18.0 Å². The van der Waals surface area contributed by atoms with Crippen LogP contribution in [0.5, 0.6) is 0 Å². The molecule has 1 aliphatic heterocycles. The molecule has 2 aromatic heterocycles. The fraction of sp³-hybridized carbons (Fsp3) is 0.500. The predicted molar refractivity (Wildman–Crippen MR) is 74.8 cm³/mol. The van der Waals surface area contributed by atoms with Gasteiger partial charge in [0.05, 0.1) is 6.54 Å². The van der Waals surface area contributed by atoms with E-state index in [1.807, 2.05) is 10.6 Å². The zero-order valence-electron chi connectivity index (χ0n) is 9.94. The molecule has 3 heterocycles. The Labute approximate surface area is 119 Å². The molecule has 1 fully saturated rings. The third-order valence-corrected chi connectivity index (χ3v) is 4.18. The summed E-state index contributed by atoms with van der Waals surface area (Å²) >= 11 is 9.56. The Morgan fingerprint density at radius 1 is 1.28 bits per heavy atom. The largest absolute Gasteiger partial charge is 0.297 e. The van der Waals surface area contributed by atoms with E-state index in [1.54, 1.807) is 6.20 Å². The van der Waals surface area contributed by atoms with Crippen molar-refractivity contribution in [3.8, 4) is 0 Å². The Bertz CT molecular complexity index is 562. The van der Waals surface area contributed by atoms with Gasteiger partial charge in [0.15, 0.2) is 5.15 Å². The molecule has 3 rings (SSSR count). The zero-order valence-corrected chi connectivity index (χ0v) is 12.3. The summed E-state index contributed by atoms with van der Waals surface area (Å²) in [7, 11) is 0. The number of imidazole rings is 1. The van der Waals surface area contributed by atoms with Gasteiger partial charge in [-0.2, -0.15) is 0 Å². The summed E-state index contributed by atoms with van der Waals surface area (Å²) in [5.41, 5.74) is 0.853. The van der Waals surface area contributed by atoms with Crippen molar-refractivity contribution in [1.29, 1.82) is 0 Å². The first-order valence-electron chi connectivity index (χ1n) is 6.15. The molecule has 96 valence electrons. The molecule has 0 aromatic carbocycles. The molecule has 0 spiro atoms. The van der Waals surface area contributed by atoms with Gasteiger partial charge in [0.1, 0.15) is 15.9 Å². The summed E-state index contributed by atoms with van der Waals surface area (Å²) in [5, 5.41) is 0.488. The third-order valence-electron chi connectivity index (χ3n) is 3.35. The van der Waals surface area contributed by atoms with Crippen LogP contribution in [0.3, 0.4) is 0 Å². The van der Waals surface area contributed by atoms with Crippen LogP contribution in [0.2, 0.25) is 5.15 Å². The fourth-order valence-corrected chi connectivity index (χ4v) is 3.38. The van der Waals surface area contributed by atoms with E-state index in [-0.39, 0.29) is 0 Å². The van der Waals surface area contributed by atoms with Crippen LogP contribution < -0.4 is 0 Å². The van der Waals surface area contributed by atoms with Crippen molar-refractivity contribution in [2.75, 3.05) is 13.1 Å². The molecule has 0 radical (unpaired) electrons. The molecule has 2 aromatic rings. The number of aromatic nitrogens is 3. The van der Waals surface area contributed by atoms with E-state index in [0.29, 0.717) is 5.15 Å². The van der Waals surface area contributed by atoms with Crippen molar-refractivity contribution in [2.45, 2.75) is 25.8 Å². The molecular weight excluding hydrogens is 316 g/mol. The first-order chi connectivity index (χ1) is 8.75. The average Bonchev–Trinajstić information content (AvgIpc) is 2.69. The van der Waals surface area contributed by atoms with Crippen molar-refractivity contribution in [1.82, 2.24) is 19.3 Å². The Balaban J connectivity index is 1.94. The lowest BCUT2D eigenvalue weighted by molar-refractivity contribution is 0.215. The van der Waals surface area contributed by atoms with E-state index in [0.717, 1.165) is 35.6 Å². The van der Waals surface area contributed by atoms with Gasteiger partial charge < -0.3 is 0 Å². The maximum Gasteiger partial charge on any atom is 0.155 e. The number of fused-ring (bicyclic) bond motifs is 1. The summed E-state index contributed by atoms with van der Waals surface area (Å²) in [4.78, 5) is 11.1. The smallest absolute Gasteiger partial charge is 0.155 e. The number of likely N-dealkylation sites (tertiary alicyclic amines) is 1. The average molecular weight is 330 g/mol. The minimum absolute atomic E-state index is 0.488. The standard InChI is InChI=1S/C12H14BrClN4/c13-11-10-12(14)15-4-7-18(10)9(16-11)8-17-5-2-1-3-6-17/h4,7H,1-3,5-6,8H2. The predicted octanol–water partition coefficient (Wildman–Crippen LogP) is 3.13. The second kappa shape index (κ2) is 5.15. The van der Waals surface area contributed by atoms with Crippen LogP contribution in [0.4, 0.5) is 0 Å². The maximum atomic E-state index is 6.10. The molecule has 1 saturated heterocycles. The summed E-state index contributed by atoms with van der Waals surface area (Å²) in [6.07, 6.45) is 7.54. The van der Waals surface area contributed by atoms with Crippen molar-refractivity contribution in [3.63, 3.8) is 0 Å². The number of nitrogens with zero attached hydrogens (tertiary/aromatic N) is 4. The van der Waals surface area contributed by atoms with Gasteiger partial charge in [-0.05, 0) is 41.9 Å². The Morgan fingerprint density at radius 3 is 2.83 bits per heavy atom. The lowest BCUT2D eigenvalue weighted by Crippen LogP contribution is -2.29. The fourth-order valence-electron chi connectivity index (χ4n) is 2.45. The molecule has 1 aliphatic rings. The van der Waals surface area contributed by atoms with Gasteiger partial charge >= 0.3 is 0 Å². The van der Waals surface area contributed by atoms with E-state index in [9.17, 15) is 0 Å². The lowest BCUT2D eigenvalue weighted by Gasteiger charge is -2.25. The van der Waals surface area contributed by atoms with Crippen LogP contribution in [-0.4, -0.2) is 32.4 Å². The Morgan fingerprint density at radius 2 is 2.06 bits per heavy atom. The monoisotopic (exact) mass is 328 g/mol. The molecule has 0 atom stereocenters. The normalized spacial score (nSPS) is 17.4. The molecule has 0 aliphatic carbocycles. The number of hydrogen-bond donors (Lipinski definition) is 0. The summed E-state index contributed by atoms with van der Waals surface area (Å²) in [6.45, 7) is 3.18. The van der Waals surface area contributed by atoms with E-state index >= 15 is 0 Å². The van der Waals surface area contributed by atoms with Gasteiger partial charge in [0.25, 0.3) is 0 Å². The summed E-state index contributed by atoms with van der Waals surface area (Å²) in [5.74, 6) is 1.02. The second-order valence-electron chi connectivity index (χ2n) is 4.59. The second-order valence-corrected chi connectivity index (χ2v) is 5.70. The highest BCUT2D eigenvalue weighted by Gasteiger charge is 2.16. The van der Waals surface area contributed by atoms with Gasteiger partial charge in [-0.25, -0.2) is 9.97 Å². The molecule has 0 saturated carbocycles. The molecule has 18 heavy (non-hydrogen) atoms. The maximum absolute atomic E-state index is 6.10. The minimum atomic E-state index is 0.488. The van der Waals surface area contributed by atoms with Gasteiger partial charge in [0.2, 0.25) is 0 Å². The van der Waals surface area contributed by atoms with E-state index in [2.05, 4.69) is 30.8 Å². The number of rotatable bonds is 2. The van der Waals surface area contributed by atoms with Crippen LogP contribution in [0.25, 0.3) is 5.52 Å². The molecular formula is C12H14BrClN4. The van der Waals surface area contributed by atoms with E-state index in [1.165, 1.54) is 19.3 Å². The highest BCUT2D eigenvalue weighted by Crippen LogP contribution is 2.25. The van der Waals surface area contributed by atoms with Gasteiger partial charge in [0, 0.05) is 12.4 Å². The number of piperidine rings is 1. The SMILES string of the molecule is Clc1nccn2c(CN3CCCCC3)nc(Br)c12. The first-order valence-corrected chi connectivity index (χ1v) is 7.32. The van der Waals surface area contributed by atoms with E-state index in [4.69, 9.17) is 11.6 Å². The van der Waals surface area contributed by atoms with Gasteiger partial charge in [-0.3, -0.25) is 9.30 Å². The first kappa shape index (κ1) is 12.4. The van der Waals surface area contributed by atoms with Crippen molar-refractivity contribution >= 4 is 33.0 Å². The van der Waals surface area contributed by atoms with Crippen molar-refractivity contribution in [2.24, 2.45) is 0 Å². The molecule has 0 amide bonds. The van der Waals surface area contributed by atoms with Crippen molar-refractivity contribution < 1.29 is 0 Å². The zero-order chi connectivity index (χ0) is 12.5.